The first-order valence-corrected chi connectivity index (χ1v) is 20.6. The van der Waals surface area contributed by atoms with Crippen LogP contribution in [0.4, 0.5) is 0 Å². The third kappa shape index (κ3) is 8.22. The van der Waals surface area contributed by atoms with Gasteiger partial charge in [-0.05, 0) is 65.0 Å². The molecule has 0 atom stereocenters. The maximum atomic E-state index is 6.06. The van der Waals surface area contributed by atoms with E-state index in [9.17, 15) is 0 Å². The van der Waals surface area contributed by atoms with Crippen molar-refractivity contribution in [2.45, 2.75) is 91.3 Å². The number of hydrogen-bond donors (Lipinski definition) is 0. The number of fused-ring (bicyclic) bond motifs is 3. The van der Waals surface area contributed by atoms with E-state index in [1.165, 1.54) is 44.1 Å². The van der Waals surface area contributed by atoms with Gasteiger partial charge in [-0.1, -0.05) is 101 Å². The number of nitrogens with zero attached hydrogens (tertiary/aromatic N) is 3. The van der Waals surface area contributed by atoms with Crippen LogP contribution < -0.4 is 5.19 Å². The minimum atomic E-state index is -1.36. The van der Waals surface area contributed by atoms with Crippen LogP contribution in [-0.4, -0.2) is 23.0 Å². The molecule has 1 aliphatic rings. The first-order valence-electron chi connectivity index (χ1n) is 17.1. The summed E-state index contributed by atoms with van der Waals surface area (Å²) >= 11 is 0. The zero-order valence-corrected chi connectivity index (χ0v) is 32.8. The number of furan rings is 1. The average molecular weight is 830 g/mol. The smallest absolute Gasteiger partial charge is 0.216 e. The molecule has 2 aromatic carbocycles. The van der Waals surface area contributed by atoms with Crippen molar-refractivity contribution in [1.82, 2.24) is 15.0 Å². The summed E-state index contributed by atoms with van der Waals surface area (Å²) in [5.41, 5.74) is 9.22. The summed E-state index contributed by atoms with van der Waals surface area (Å²) in [4.78, 5) is 13.8. The second kappa shape index (κ2) is 15.0. The monoisotopic (exact) mass is 830 g/mol. The number of rotatable bonds is 5. The molecule has 4 heterocycles. The Morgan fingerprint density at radius 1 is 0.854 bits per heavy atom. The second-order valence-electron chi connectivity index (χ2n) is 15.1. The minimum absolute atomic E-state index is 0. The van der Waals surface area contributed by atoms with Crippen molar-refractivity contribution in [3.63, 3.8) is 0 Å². The van der Waals surface area contributed by atoms with Crippen LogP contribution in [0.3, 0.4) is 0 Å². The summed E-state index contributed by atoms with van der Waals surface area (Å²) < 4.78 is 6.06. The minimum Gasteiger partial charge on any atom is -0.486 e. The molecule has 4 nitrogen and oxygen atoms in total. The quantitative estimate of drug-likeness (QED) is 0.128. The average Bonchev–Trinajstić information content (AvgIpc) is 3.43. The summed E-state index contributed by atoms with van der Waals surface area (Å²) in [6.07, 6.45) is 12.3. The third-order valence-electron chi connectivity index (χ3n) is 9.34. The Morgan fingerprint density at radius 2 is 1.65 bits per heavy atom. The van der Waals surface area contributed by atoms with Crippen molar-refractivity contribution < 1.29 is 24.5 Å². The number of hydrogen-bond acceptors (Lipinski definition) is 4. The molecule has 0 unspecified atom stereocenters. The van der Waals surface area contributed by atoms with Crippen LogP contribution in [0.2, 0.25) is 19.6 Å². The molecule has 7 rings (SSSR count). The van der Waals surface area contributed by atoms with E-state index in [0.29, 0.717) is 5.71 Å². The summed E-state index contributed by atoms with van der Waals surface area (Å²) in [7, 11) is -1.36. The Hall–Kier alpha value is -3.44. The van der Waals surface area contributed by atoms with Crippen LogP contribution in [0.1, 0.15) is 69.7 Å². The van der Waals surface area contributed by atoms with E-state index in [-0.39, 0.29) is 25.5 Å². The molecular formula is C42H47IrN3OSi-2. The topological polar surface area (TPSA) is 51.8 Å². The molecule has 48 heavy (non-hydrogen) atoms. The fraction of sp³-hybridized carbons (Fsp3) is 0.357. The SMILES string of the molecule is C[Si](C)(C)c1cnc(-c2[c-]cccc2)cc1CC1CCCCC1.Cc1ccc2c(n1)oc1c(-c3cc(C(C)(C)C)ccn3)[c-]ccc12.[Ir]. The van der Waals surface area contributed by atoms with E-state index < -0.39 is 8.07 Å². The molecule has 0 bridgehead atoms. The largest absolute Gasteiger partial charge is 0.486 e. The zero-order chi connectivity index (χ0) is 33.2. The Labute approximate surface area is 301 Å². The van der Waals surface area contributed by atoms with Gasteiger partial charge in [-0.2, -0.15) is 0 Å². The van der Waals surface area contributed by atoms with Gasteiger partial charge < -0.3 is 14.4 Å². The standard InChI is InChI=1S/C21H19N2O.C21H28NSi.Ir/c1-13-8-9-16-15-6-5-7-17(19(15)24-20(16)23-13)18-12-14(10-11-22-18)21(2,3)4;1-23(2,3)21-16-22-20(18-12-8-5-9-13-18)15-19(21)14-17-10-6-4-7-11-17;/h5-6,8-12H,1-4H3;5,8-9,12,15-17H,4,6-7,10-11,14H2,1-3H3;/q2*-1;. The molecule has 0 amide bonds. The van der Waals surface area contributed by atoms with Crippen LogP contribution in [0.25, 0.3) is 44.6 Å². The van der Waals surface area contributed by atoms with Crippen LogP contribution >= 0.6 is 0 Å². The van der Waals surface area contributed by atoms with E-state index in [4.69, 9.17) is 9.40 Å². The Morgan fingerprint density at radius 3 is 2.35 bits per heavy atom. The molecule has 1 saturated carbocycles. The maximum Gasteiger partial charge on any atom is 0.216 e. The Balaban J connectivity index is 0.000000184. The predicted octanol–water partition coefficient (Wildman–Crippen LogP) is 10.7. The van der Waals surface area contributed by atoms with E-state index in [0.717, 1.165) is 50.5 Å². The van der Waals surface area contributed by atoms with E-state index >= 15 is 0 Å². The van der Waals surface area contributed by atoms with Gasteiger partial charge in [0.2, 0.25) is 5.71 Å². The summed E-state index contributed by atoms with van der Waals surface area (Å²) in [6.45, 7) is 15.9. The molecule has 6 aromatic rings. The van der Waals surface area contributed by atoms with E-state index in [2.05, 4.69) is 105 Å². The number of pyridine rings is 3. The van der Waals surface area contributed by atoms with Gasteiger partial charge in [0, 0.05) is 43.6 Å². The predicted molar refractivity (Wildman–Crippen MR) is 199 cm³/mol. The van der Waals surface area contributed by atoms with Gasteiger partial charge >= 0.3 is 0 Å². The number of benzene rings is 2. The maximum absolute atomic E-state index is 6.06. The van der Waals surface area contributed by atoms with Crippen LogP contribution in [-0.2, 0) is 31.9 Å². The molecule has 0 spiro atoms. The summed E-state index contributed by atoms with van der Waals surface area (Å²) in [5.74, 6) is 0.869. The molecule has 6 heteroatoms. The van der Waals surface area contributed by atoms with Gasteiger partial charge in [0.25, 0.3) is 0 Å². The van der Waals surface area contributed by atoms with Gasteiger partial charge in [-0.15, -0.1) is 54.1 Å². The van der Waals surface area contributed by atoms with Gasteiger partial charge in [0.15, 0.2) is 0 Å². The van der Waals surface area contributed by atoms with E-state index in [1.54, 1.807) is 10.8 Å². The number of aryl methyl sites for hydroxylation is 1. The molecule has 1 fully saturated rings. The first-order chi connectivity index (χ1) is 22.5. The Kier molecular flexibility index (Phi) is 11.2. The molecule has 1 aliphatic carbocycles. The zero-order valence-electron chi connectivity index (χ0n) is 29.4. The molecular weight excluding hydrogens is 783 g/mol. The molecule has 1 radical (unpaired) electrons. The van der Waals surface area contributed by atoms with Crippen LogP contribution in [0.5, 0.6) is 0 Å². The van der Waals surface area contributed by atoms with Gasteiger partial charge in [-0.3, -0.25) is 0 Å². The van der Waals surface area contributed by atoms with Crippen molar-refractivity contribution >= 4 is 35.3 Å². The molecule has 4 aromatic heterocycles. The molecule has 0 N–H and O–H groups in total. The fourth-order valence-electron chi connectivity index (χ4n) is 6.68. The second-order valence-corrected chi connectivity index (χ2v) is 20.2. The first kappa shape index (κ1) is 35.9. The third-order valence-corrected chi connectivity index (χ3v) is 11.4. The molecule has 251 valence electrons. The van der Waals surface area contributed by atoms with Gasteiger partial charge in [0.1, 0.15) is 0 Å². The van der Waals surface area contributed by atoms with Crippen molar-refractivity contribution in [1.29, 1.82) is 0 Å². The van der Waals surface area contributed by atoms with Crippen molar-refractivity contribution in [3.8, 4) is 22.5 Å². The normalized spacial score (nSPS) is 14.0. The van der Waals surface area contributed by atoms with Crippen molar-refractivity contribution in [2.24, 2.45) is 5.92 Å². The van der Waals surface area contributed by atoms with Crippen molar-refractivity contribution in [3.05, 3.63) is 108 Å². The van der Waals surface area contributed by atoms with Crippen molar-refractivity contribution in [2.75, 3.05) is 0 Å². The fourth-order valence-corrected chi connectivity index (χ4v) is 8.27. The van der Waals surface area contributed by atoms with Gasteiger partial charge in [-0.25, -0.2) is 4.98 Å². The van der Waals surface area contributed by atoms with E-state index in [1.807, 2.05) is 43.5 Å². The van der Waals surface area contributed by atoms with Crippen LogP contribution in [0, 0.1) is 25.0 Å². The van der Waals surface area contributed by atoms with Crippen LogP contribution in [0.15, 0.2) is 83.5 Å². The number of aromatic nitrogens is 3. The molecule has 0 saturated heterocycles. The Bertz CT molecular complexity index is 1980. The summed E-state index contributed by atoms with van der Waals surface area (Å²) in [5, 5.41) is 3.62. The molecule has 0 aliphatic heterocycles. The van der Waals surface area contributed by atoms with Gasteiger partial charge in [0.05, 0.1) is 13.7 Å². The summed E-state index contributed by atoms with van der Waals surface area (Å²) in [6, 6.07) is 29.4.